The van der Waals surface area contributed by atoms with Crippen LogP contribution in [0.3, 0.4) is 0 Å². The summed E-state index contributed by atoms with van der Waals surface area (Å²) in [6, 6.07) is 1.68. The van der Waals surface area contributed by atoms with E-state index in [0.717, 1.165) is 38.9 Å². The number of carbonyl (C=O) groups is 1. The van der Waals surface area contributed by atoms with Gasteiger partial charge in [0, 0.05) is 37.7 Å². The summed E-state index contributed by atoms with van der Waals surface area (Å²) in [5, 5.41) is 7.31. The maximum Gasteiger partial charge on any atom is 0.242 e. The fraction of sp³-hybridized carbons (Fsp3) is 0.471. The van der Waals surface area contributed by atoms with E-state index < -0.39 is 0 Å². The second-order valence-electron chi connectivity index (χ2n) is 5.94. The highest BCUT2D eigenvalue weighted by Gasteiger charge is 2.30. The number of aryl methyl sites for hydroxylation is 2. The van der Waals surface area contributed by atoms with Crippen LogP contribution in [0.4, 0.5) is 5.82 Å². The predicted molar refractivity (Wildman–Crippen MR) is 91.1 cm³/mol. The molecule has 3 rings (SSSR count). The van der Waals surface area contributed by atoms with Crippen LogP contribution in [0.1, 0.15) is 19.3 Å². The van der Waals surface area contributed by atoms with Gasteiger partial charge in [0.25, 0.3) is 0 Å². The third kappa shape index (κ3) is 4.03. The van der Waals surface area contributed by atoms with Crippen LogP contribution in [0.5, 0.6) is 0 Å². The molecule has 1 N–H and O–H groups in total. The van der Waals surface area contributed by atoms with Crippen LogP contribution in [0.25, 0.3) is 0 Å². The van der Waals surface area contributed by atoms with Crippen LogP contribution < -0.4 is 5.32 Å². The fourth-order valence-corrected chi connectivity index (χ4v) is 3.03. The first kappa shape index (κ1) is 16.3. The van der Waals surface area contributed by atoms with Crippen LogP contribution in [0.15, 0.2) is 31.0 Å². The Morgan fingerprint density at radius 1 is 1.42 bits per heavy atom. The molecule has 0 saturated carbocycles. The second kappa shape index (κ2) is 7.79. The third-order valence-electron chi connectivity index (χ3n) is 4.22. The summed E-state index contributed by atoms with van der Waals surface area (Å²) >= 11 is 0. The van der Waals surface area contributed by atoms with Crippen molar-refractivity contribution in [1.29, 1.82) is 0 Å². The summed E-state index contributed by atoms with van der Waals surface area (Å²) in [5.41, 5.74) is 0. The van der Waals surface area contributed by atoms with E-state index in [4.69, 9.17) is 6.42 Å². The summed E-state index contributed by atoms with van der Waals surface area (Å²) in [6.45, 7) is 3.08. The third-order valence-corrected chi connectivity index (χ3v) is 4.22. The van der Waals surface area contributed by atoms with Crippen LogP contribution in [0.2, 0.25) is 0 Å². The van der Waals surface area contributed by atoms with Gasteiger partial charge >= 0.3 is 0 Å². The first-order chi connectivity index (χ1) is 11.8. The van der Waals surface area contributed by atoms with E-state index in [0.29, 0.717) is 12.4 Å². The van der Waals surface area contributed by atoms with E-state index in [1.54, 1.807) is 12.5 Å². The number of anilines is 1. The number of hydrogen-bond donors (Lipinski definition) is 1. The lowest BCUT2D eigenvalue weighted by molar-refractivity contribution is -0.120. The lowest BCUT2D eigenvalue weighted by atomic mass is 10.2. The minimum atomic E-state index is -0.146. The van der Waals surface area contributed by atoms with E-state index in [-0.39, 0.29) is 11.9 Å². The van der Waals surface area contributed by atoms with E-state index in [9.17, 15) is 4.79 Å². The van der Waals surface area contributed by atoms with E-state index in [1.165, 1.54) is 0 Å². The molecule has 7 heteroatoms. The van der Waals surface area contributed by atoms with Crippen molar-refractivity contribution in [3.05, 3.63) is 31.0 Å². The number of rotatable bonds is 7. The van der Waals surface area contributed by atoms with E-state index >= 15 is 0 Å². The van der Waals surface area contributed by atoms with Crippen molar-refractivity contribution in [2.75, 3.05) is 18.4 Å². The molecule has 1 amide bonds. The monoisotopic (exact) mass is 326 g/mol. The summed E-state index contributed by atoms with van der Waals surface area (Å²) in [5.74, 6) is 3.19. The number of amides is 1. The molecule has 0 aromatic carbocycles. The molecule has 1 saturated heterocycles. The first-order valence-electron chi connectivity index (χ1n) is 8.24. The maximum absolute atomic E-state index is 12.4. The van der Waals surface area contributed by atoms with Crippen molar-refractivity contribution < 1.29 is 4.79 Å². The molecule has 1 fully saturated rings. The molecule has 0 spiro atoms. The lowest BCUT2D eigenvalue weighted by Gasteiger charge is -2.20. The van der Waals surface area contributed by atoms with Crippen molar-refractivity contribution in [3.63, 3.8) is 0 Å². The van der Waals surface area contributed by atoms with E-state index in [1.807, 2.05) is 32.6 Å². The van der Waals surface area contributed by atoms with Gasteiger partial charge < -0.3 is 9.88 Å². The van der Waals surface area contributed by atoms with Gasteiger partial charge in [-0.15, -0.1) is 6.42 Å². The highest BCUT2D eigenvalue weighted by Crippen LogP contribution is 2.18. The van der Waals surface area contributed by atoms with Gasteiger partial charge in [-0.05, 0) is 25.8 Å². The largest absolute Gasteiger partial charge is 0.337 e. The number of carbonyl (C=O) groups excluding carboxylic acids is 1. The average molecular weight is 326 g/mol. The van der Waals surface area contributed by atoms with Gasteiger partial charge in [0.2, 0.25) is 5.91 Å². The number of nitrogens with one attached hydrogen (secondary N) is 1. The molecule has 1 aliphatic rings. The highest BCUT2D eigenvalue weighted by atomic mass is 16.2. The molecule has 126 valence electrons. The smallest absolute Gasteiger partial charge is 0.242 e. The average Bonchev–Trinajstić information content (AvgIpc) is 3.29. The Morgan fingerprint density at radius 3 is 3.12 bits per heavy atom. The molecule has 0 radical (unpaired) electrons. The predicted octanol–water partition coefficient (Wildman–Crippen LogP) is 1.21. The van der Waals surface area contributed by atoms with Crippen LogP contribution in [-0.4, -0.2) is 49.3 Å². The first-order valence-corrected chi connectivity index (χ1v) is 8.24. The minimum absolute atomic E-state index is 0.0218. The number of imidazole rings is 1. The molecule has 7 nitrogen and oxygen atoms in total. The number of hydrogen-bond acceptors (Lipinski definition) is 4. The molecule has 1 aliphatic heterocycles. The zero-order valence-electron chi connectivity index (χ0n) is 13.6. The number of aromatic nitrogens is 4. The summed E-state index contributed by atoms with van der Waals surface area (Å²) in [6.07, 6.45) is 15.6. The number of nitrogens with zero attached hydrogens (tertiary/aromatic N) is 5. The standard InChI is InChI=1S/C17H22N6O/c1-2-8-22-10-3-5-15(22)17(24)19-16-6-12-23(20-16)11-4-9-21-13-7-18-14-21/h1,6-7,12-15H,3-5,8-11H2,(H,19,20,24)/t15-/m0/s1. The Hall–Kier alpha value is -2.59. The van der Waals surface area contributed by atoms with Crippen molar-refractivity contribution in [1.82, 2.24) is 24.2 Å². The molecule has 1 atom stereocenters. The van der Waals surface area contributed by atoms with Crippen LogP contribution in [0, 0.1) is 12.3 Å². The SMILES string of the molecule is C#CCN1CCC[C@H]1C(=O)Nc1ccn(CCCn2ccnc2)n1. The summed E-state index contributed by atoms with van der Waals surface area (Å²) in [4.78, 5) is 18.5. The Morgan fingerprint density at radius 2 is 2.33 bits per heavy atom. The van der Waals surface area contributed by atoms with Gasteiger partial charge in [-0.2, -0.15) is 5.10 Å². The van der Waals surface area contributed by atoms with Crippen molar-refractivity contribution in [2.24, 2.45) is 0 Å². The molecule has 24 heavy (non-hydrogen) atoms. The highest BCUT2D eigenvalue weighted by molar-refractivity contribution is 5.94. The molecule has 0 bridgehead atoms. The molecule has 2 aromatic heterocycles. The number of likely N-dealkylation sites (tertiary alicyclic amines) is 1. The molecule has 2 aromatic rings. The van der Waals surface area contributed by atoms with Gasteiger partial charge in [-0.1, -0.05) is 5.92 Å². The fourth-order valence-electron chi connectivity index (χ4n) is 3.03. The van der Waals surface area contributed by atoms with Crippen molar-refractivity contribution in [2.45, 2.75) is 38.4 Å². The Bertz CT molecular complexity index is 699. The quantitative estimate of drug-likeness (QED) is 0.777. The van der Waals surface area contributed by atoms with Gasteiger partial charge in [-0.3, -0.25) is 14.4 Å². The molecule has 0 aliphatic carbocycles. The maximum atomic E-state index is 12.4. The van der Waals surface area contributed by atoms with Gasteiger partial charge in [-0.25, -0.2) is 4.98 Å². The molecular weight excluding hydrogens is 304 g/mol. The van der Waals surface area contributed by atoms with Gasteiger partial charge in [0.1, 0.15) is 0 Å². The molecular formula is C17H22N6O. The van der Waals surface area contributed by atoms with Crippen LogP contribution in [-0.2, 0) is 17.9 Å². The Kier molecular flexibility index (Phi) is 5.29. The normalized spacial score (nSPS) is 17.7. The zero-order chi connectivity index (χ0) is 16.8. The van der Waals surface area contributed by atoms with E-state index in [2.05, 4.69) is 21.3 Å². The summed E-state index contributed by atoms with van der Waals surface area (Å²) < 4.78 is 3.88. The topological polar surface area (TPSA) is 68.0 Å². The lowest BCUT2D eigenvalue weighted by Crippen LogP contribution is -2.39. The molecule has 3 heterocycles. The molecule has 0 unspecified atom stereocenters. The Labute approximate surface area is 141 Å². The van der Waals surface area contributed by atoms with Crippen molar-refractivity contribution >= 4 is 11.7 Å². The zero-order valence-corrected chi connectivity index (χ0v) is 13.6. The van der Waals surface area contributed by atoms with Crippen molar-refractivity contribution in [3.8, 4) is 12.3 Å². The second-order valence-corrected chi connectivity index (χ2v) is 5.94. The summed E-state index contributed by atoms with van der Waals surface area (Å²) in [7, 11) is 0. The Balaban J connectivity index is 1.48. The number of terminal acetylenes is 1. The van der Waals surface area contributed by atoms with Crippen LogP contribution >= 0.6 is 0 Å². The van der Waals surface area contributed by atoms with Gasteiger partial charge in [0.05, 0.1) is 18.9 Å². The van der Waals surface area contributed by atoms with Gasteiger partial charge in [0.15, 0.2) is 5.82 Å². The minimum Gasteiger partial charge on any atom is -0.337 e.